The number of carbonyl (C=O) groups is 2. The molecule has 0 aliphatic rings. The quantitative estimate of drug-likeness (QED) is 0.0239. The Bertz CT molecular complexity index is 1030. The third-order valence-corrected chi connectivity index (χ3v) is 11.0. The first-order valence-electron chi connectivity index (χ1n) is 23.5. The predicted octanol–water partition coefficient (Wildman–Crippen LogP) is 13.3. The molecule has 2 unspecified atom stereocenters. The van der Waals surface area contributed by atoms with Crippen molar-refractivity contribution in [3.63, 3.8) is 0 Å². The first kappa shape index (κ1) is 55.2. The Kier molecular flexibility index (Phi) is 42.4. The van der Waals surface area contributed by atoms with E-state index in [0.717, 1.165) is 57.8 Å². The van der Waals surface area contributed by atoms with Gasteiger partial charge in [-0.05, 0) is 70.6 Å². The van der Waals surface area contributed by atoms with Gasteiger partial charge in [0.2, 0.25) is 5.91 Å². The zero-order chi connectivity index (χ0) is 41.8. The van der Waals surface area contributed by atoms with Crippen molar-refractivity contribution in [1.29, 1.82) is 0 Å². The molecule has 0 aliphatic carbocycles. The second kappa shape index (κ2) is 43.8. The first-order valence-corrected chi connectivity index (χ1v) is 25.0. The molecule has 0 fully saturated rings. The maximum atomic E-state index is 12.1. The van der Waals surface area contributed by atoms with Crippen molar-refractivity contribution in [2.75, 3.05) is 26.4 Å². The Morgan fingerprint density at radius 1 is 0.544 bits per heavy atom. The number of allylic oxidation sites excluding steroid dienone is 6. The van der Waals surface area contributed by atoms with Crippen LogP contribution in [0.3, 0.4) is 0 Å². The van der Waals surface area contributed by atoms with Crippen LogP contribution in [-0.2, 0) is 27.9 Å². The summed E-state index contributed by atoms with van der Waals surface area (Å²) in [7, 11) is -4.42. The minimum Gasteiger partial charge on any atom is -0.463 e. The summed E-state index contributed by atoms with van der Waals surface area (Å²) < 4.78 is 26.9. The zero-order valence-corrected chi connectivity index (χ0v) is 37.7. The summed E-state index contributed by atoms with van der Waals surface area (Å²) in [6, 6.07) is 0. The van der Waals surface area contributed by atoms with Crippen LogP contribution in [-0.4, -0.2) is 54.3 Å². The Labute approximate surface area is 350 Å². The van der Waals surface area contributed by atoms with Crippen LogP contribution in [0.25, 0.3) is 0 Å². The van der Waals surface area contributed by atoms with Crippen LogP contribution in [0.15, 0.2) is 36.5 Å². The maximum Gasteiger partial charge on any atom is 0.472 e. The number of esters is 1. The molecule has 10 heteroatoms. The lowest BCUT2D eigenvalue weighted by Gasteiger charge is -2.15. The van der Waals surface area contributed by atoms with E-state index in [1.165, 1.54) is 135 Å². The Balaban J connectivity index is 3.56. The number of rotatable bonds is 44. The van der Waals surface area contributed by atoms with E-state index in [9.17, 15) is 24.2 Å². The number of nitrogens with one attached hydrogen (secondary N) is 1. The largest absolute Gasteiger partial charge is 0.472 e. The lowest BCUT2D eigenvalue weighted by atomic mass is 10.0. The van der Waals surface area contributed by atoms with Crippen molar-refractivity contribution in [3.05, 3.63) is 36.5 Å². The molecule has 0 aromatic heterocycles. The van der Waals surface area contributed by atoms with E-state index in [1.807, 2.05) is 0 Å². The summed E-state index contributed by atoms with van der Waals surface area (Å²) in [5.74, 6) is -0.522. The van der Waals surface area contributed by atoms with E-state index in [4.69, 9.17) is 13.8 Å². The van der Waals surface area contributed by atoms with E-state index in [0.29, 0.717) is 6.42 Å². The van der Waals surface area contributed by atoms with Crippen molar-refractivity contribution in [1.82, 2.24) is 5.32 Å². The highest BCUT2D eigenvalue weighted by atomic mass is 31.2. The first-order chi connectivity index (χ1) is 27.8. The normalized spacial score (nSPS) is 13.5. The van der Waals surface area contributed by atoms with Gasteiger partial charge in [-0.1, -0.05) is 172 Å². The highest BCUT2D eigenvalue weighted by molar-refractivity contribution is 7.47. The molecule has 0 saturated heterocycles. The average molecular weight is 826 g/mol. The monoisotopic (exact) mass is 826 g/mol. The number of phosphoric acid groups is 1. The lowest BCUT2D eigenvalue weighted by molar-refractivity contribution is -0.147. The third-order valence-electron chi connectivity index (χ3n) is 10.0. The second-order valence-corrected chi connectivity index (χ2v) is 17.2. The summed E-state index contributed by atoms with van der Waals surface area (Å²) in [5.41, 5.74) is 0. The Morgan fingerprint density at radius 2 is 0.947 bits per heavy atom. The van der Waals surface area contributed by atoms with Crippen LogP contribution in [0, 0.1) is 0 Å². The topological polar surface area (TPSA) is 131 Å². The van der Waals surface area contributed by atoms with Crippen molar-refractivity contribution >= 4 is 19.7 Å². The SMILES string of the molecule is CCCCC/C=C\C/C=C\CCCCCCCCCCCCCCCC(=O)OCC(O)COP(=O)(O)OCCNC(=O)CCCCCCC/C=C\CCCCCC. The van der Waals surface area contributed by atoms with Crippen LogP contribution in [0.2, 0.25) is 0 Å². The van der Waals surface area contributed by atoms with Crippen LogP contribution in [0.5, 0.6) is 0 Å². The molecule has 3 N–H and O–H groups in total. The van der Waals surface area contributed by atoms with Crippen molar-refractivity contribution in [2.45, 2.75) is 225 Å². The molecule has 0 saturated carbocycles. The number of aliphatic hydroxyl groups is 1. The van der Waals surface area contributed by atoms with Crippen LogP contribution < -0.4 is 5.32 Å². The molecule has 9 nitrogen and oxygen atoms in total. The molecule has 334 valence electrons. The van der Waals surface area contributed by atoms with Gasteiger partial charge in [0.05, 0.1) is 13.2 Å². The van der Waals surface area contributed by atoms with Gasteiger partial charge in [0.25, 0.3) is 0 Å². The molecule has 0 spiro atoms. The highest BCUT2D eigenvalue weighted by Crippen LogP contribution is 2.42. The molecule has 0 rings (SSSR count). The molecule has 0 radical (unpaired) electrons. The molecular formula is C47H88NO8P. The molecule has 0 heterocycles. The average Bonchev–Trinajstić information content (AvgIpc) is 3.20. The van der Waals surface area contributed by atoms with Crippen molar-refractivity contribution in [3.8, 4) is 0 Å². The maximum absolute atomic E-state index is 12.1. The molecule has 57 heavy (non-hydrogen) atoms. The number of aliphatic hydroxyl groups excluding tert-OH is 1. The molecule has 0 aliphatic heterocycles. The van der Waals surface area contributed by atoms with Gasteiger partial charge in [0, 0.05) is 19.4 Å². The van der Waals surface area contributed by atoms with Gasteiger partial charge >= 0.3 is 13.8 Å². The van der Waals surface area contributed by atoms with Gasteiger partial charge in [0.15, 0.2) is 0 Å². The number of carbonyl (C=O) groups excluding carboxylic acids is 2. The summed E-state index contributed by atoms with van der Waals surface area (Å²) in [5, 5.41) is 12.7. The minimum atomic E-state index is -4.42. The van der Waals surface area contributed by atoms with Gasteiger partial charge < -0.3 is 20.1 Å². The molecular weight excluding hydrogens is 737 g/mol. The molecule has 1 amide bonds. The number of amides is 1. The molecule has 0 aromatic carbocycles. The van der Waals surface area contributed by atoms with E-state index in [1.54, 1.807) is 0 Å². The third kappa shape index (κ3) is 45.2. The van der Waals surface area contributed by atoms with Gasteiger partial charge in [-0.2, -0.15) is 0 Å². The van der Waals surface area contributed by atoms with Crippen LogP contribution >= 0.6 is 7.82 Å². The fourth-order valence-corrected chi connectivity index (χ4v) is 7.22. The Hall–Kier alpha value is -1.77. The fourth-order valence-electron chi connectivity index (χ4n) is 6.46. The van der Waals surface area contributed by atoms with Crippen LogP contribution in [0.1, 0.15) is 219 Å². The predicted molar refractivity (Wildman–Crippen MR) is 238 cm³/mol. The van der Waals surface area contributed by atoms with E-state index in [-0.39, 0.29) is 32.1 Å². The van der Waals surface area contributed by atoms with Gasteiger partial charge in [-0.15, -0.1) is 0 Å². The van der Waals surface area contributed by atoms with E-state index in [2.05, 4.69) is 55.6 Å². The molecule has 0 aromatic rings. The zero-order valence-electron chi connectivity index (χ0n) is 36.8. The van der Waals surface area contributed by atoms with Crippen LogP contribution in [0.4, 0.5) is 0 Å². The summed E-state index contributed by atoms with van der Waals surface area (Å²) in [6.45, 7) is 3.52. The van der Waals surface area contributed by atoms with Gasteiger partial charge in [-0.3, -0.25) is 18.6 Å². The number of hydrogen-bond donors (Lipinski definition) is 3. The van der Waals surface area contributed by atoms with Gasteiger partial charge in [0.1, 0.15) is 12.7 Å². The highest BCUT2D eigenvalue weighted by Gasteiger charge is 2.23. The lowest BCUT2D eigenvalue weighted by Crippen LogP contribution is -2.27. The summed E-state index contributed by atoms with van der Waals surface area (Å²) in [6.07, 6.45) is 49.4. The number of hydrogen-bond acceptors (Lipinski definition) is 7. The van der Waals surface area contributed by atoms with E-state index >= 15 is 0 Å². The second-order valence-electron chi connectivity index (χ2n) is 15.7. The number of ether oxygens (including phenoxy) is 1. The molecule has 2 atom stereocenters. The smallest absolute Gasteiger partial charge is 0.463 e. The summed E-state index contributed by atoms with van der Waals surface area (Å²) >= 11 is 0. The number of unbranched alkanes of at least 4 members (excludes halogenated alkanes) is 25. The Morgan fingerprint density at radius 3 is 1.46 bits per heavy atom. The number of phosphoric ester groups is 1. The minimum absolute atomic E-state index is 0.0781. The van der Waals surface area contributed by atoms with E-state index < -0.39 is 26.5 Å². The fraction of sp³-hybridized carbons (Fsp3) is 0.830. The summed E-state index contributed by atoms with van der Waals surface area (Å²) in [4.78, 5) is 33.9. The standard InChI is InChI=1S/C47H88NO8P/c1-3-5-7-9-11-13-15-17-18-19-20-21-22-23-24-25-26-28-30-32-34-36-38-40-47(51)54-43-45(49)44-56-57(52,53)55-42-41-48-46(50)39-37-35-33-31-29-27-16-14-12-10-8-6-4-2/h11,13-14,16-18,45,49H,3-10,12,15,19-44H2,1-2H3,(H,48,50)(H,52,53)/b13-11-,16-14-,18-17-. The van der Waals surface area contributed by atoms with Crippen molar-refractivity contribution < 1.29 is 37.9 Å². The molecule has 0 bridgehead atoms. The van der Waals surface area contributed by atoms with Crippen molar-refractivity contribution in [2.24, 2.45) is 0 Å². The van der Waals surface area contributed by atoms with Gasteiger partial charge in [-0.25, -0.2) is 4.57 Å².